The van der Waals surface area contributed by atoms with Crippen molar-refractivity contribution in [3.8, 4) is 0 Å². The van der Waals surface area contributed by atoms with E-state index in [1.807, 2.05) is 20.8 Å². The van der Waals surface area contributed by atoms with Crippen LogP contribution in [0.25, 0.3) is 0 Å². The minimum Gasteiger partial charge on any atom is -0.389 e. The van der Waals surface area contributed by atoms with E-state index in [2.05, 4.69) is 5.32 Å². The van der Waals surface area contributed by atoms with Gasteiger partial charge in [-0.1, -0.05) is 0 Å². The van der Waals surface area contributed by atoms with Crippen LogP contribution in [-0.2, 0) is 0 Å². The molecule has 0 amide bonds. The fraction of sp³-hybridized carbons (Fsp3) is 1.00. The molecule has 0 aliphatic heterocycles. The van der Waals surface area contributed by atoms with Gasteiger partial charge in [-0.25, -0.2) is 0 Å². The Morgan fingerprint density at radius 3 is 2.42 bits per heavy atom. The fourth-order valence-corrected chi connectivity index (χ4v) is 0.838. The van der Waals surface area contributed by atoms with Gasteiger partial charge in [0.15, 0.2) is 0 Å². The molecule has 1 atom stereocenters. The Labute approximate surface area is 75.3 Å². The van der Waals surface area contributed by atoms with Crippen molar-refractivity contribution in [3.63, 3.8) is 0 Å². The predicted octanol–water partition coefficient (Wildman–Crippen LogP) is 0.474. The van der Waals surface area contributed by atoms with E-state index >= 15 is 0 Å². The molecule has 74 valence electrons. The summed E-state index contributed by atoms with van der Waals surface area (Å²) in [6, 6.07) is 0.135. The monoisotopic (exact) mass is 174 g/mol. The van der Waals surface area contributed by atoms with Gasteiger partial charge in [0.05, 0.1) is 5.60 Å². The fourth-order valence-electron chi connectivity index (χ4n) is 0.838. The molecular weight excluding hydrogens is 152 g/mol. The third-order valence-electron chi connectivity index (χ3n) is 2.14. The number of aliphatic hydroxyl groups is 1. The van der Waals surface area contributed by atoms with Gasteiger partial charge < -0.3 is 16.2 Å². The second-order valence-electron chi connectivity index (χ2n) is 3.83. The van der Waals surface area contributed by atoms with E-state index in [9.17, 15) is 5.11 Å². The van der Waals surface area contributed by atoms with Crippen molar-refractivity contribution in [1.82, 2.24) is 5.32 Å². The Bertz CT molecular complexity index is 110. The molecule has 1 unspecified atom stereocenters. The van der Waals surface area contributed by atoms with Gasteiger partial charge in [0.25, 0.3) is 0 Å². The van der Waals surface area contributed by atoms with E-state index in [1.54, 1.807) is 0 Å². The summed E-state index contributed by atoms with van der Waals surface area (Å²) in [6.45, 7) is 7.30. The summed E-state index contributed by atoms with van der Waals surface area (Å²) < 4.78 is 0. The number of nitrogens with two attached hydrogens (primary N) is 1. The summed E-state index contributed by atoms with van der Waals surface area (Å²) >= 11 is 0. The molecule has 0 aromatic rings. The summed E-state index contributed by atoms with van der Waals surface area (Å²) in [5, 5.41) is 12.8. The van der Waals surface area contributed by atoms with Crippen LogP contribution in [0.15, 0.2) is 0 Å². The van der Waals surface area contributed by atoms with Crippen LogP contribution in [0.4, 0.5) is 0 Å². The van der Waals surface area contributed by atoms with Crippen LogP contribution in [0, 0.1) is 0 Å². The maximum Gasteiger partial charge on any atom is 0.0741 e. The molecular formula is C9H22N2O. The van der Waals surface area contributed by atoms with E-state index < -0.39 is 5.60 Å². The highest BCUT2D eigenvalue weighted by Crippen LogP contribution is 2.06. The molecule has 0 aliphatic rings. The average Bonchev–Trinajstić information content (AvgIpc) is 1.96. The molecule has 0 fully saturated rings. The summed E-state index contributed by atoms with van der Waals surface area (Å²) in [5.74, 6) is 0. The Balaban J connectivity index is 3.38. The van der Waals surface area contributed by atoms with Crippen LogP contribution in [-0.4, -0.2) is 29.8 Å². The van der Waals surface area contributed by atoms with Gasteiger partial charge in [0, 0.05) is 6.04 Å². The molecule has 0 spiro atoms. The van der Waals surface area contributed by atoms with Gasteiger partial charge in [-0.3, -0.25) is 0 Å². The third kappa shape index (κ3) is 5.52. The second-order valence-corrected chi connectivity index (χ2v) is 3.83. The summed E-state index contributed by atoms with van der Waals surface area (Å²) in [5.41, 5.74) is 4.72. The van der Waals surface area contributed by atoms with E-state index in [0.29, 0.717) is 0 Å². The van der Waals surface area contributed by atoms with Crippen LogP contribution < -0.4 is 11.1 Å². The first-order valence-corrected chi connectivity index (χ1v) is 4.64. The molecule has 0 radical (unpaired) electrons. The lowest BCUT2D eigenvalue weighted by Gasteiger charge is -2.26. The highest BCUT2D eigenvalue weighted by atomic mass is 16.3. The van der Waals surface area contributed by atoms with Crippen molar-refractivity contribution in [3.05, 3.63) is 0 Å². The lowest BCUT2D eigenvalue weighted by molar-refractivity contribution is 0.0444. The third-order valence-corrected chi connectivity index (χ3v) is 2.14. The number of rotatable bonds is 6. The topological polar surface area (TPSA) is 58.3 Å². The normalized spacial score (nSPS) is 14.8. The number of unbranched alkanes of at least 4 members (excludes halogenated alkanes) is 1. The zero-order chi connectivity index (χ0) is 9.61. The largest absolute Gasteiger partial charge is 0.389 e. The number of hydrogen-bond acceptors (Lipinski definition) is 3. The molecule has 3 nitrogen and oxygen atoms in total. The van der Waals surface area contributed by atoms with Gasteiger partial charge in [-0.15, -0.1) is 0 Å². The molecule has 3 heteroatoms. The molecule has 0 saturated carbocycles. The van der Waals surface area contributed by atoms with Crippen molar-refractivity contribution in [2.75, 3.05) is 13.1 Å². The first-order chi connectivity index (χ1) is 5.48. The Kier molecular flexibility index (Phi) is 5.46. The Morgan fingerprint density at radius 2 is 2.00 bits per heavy atom. The smallest absolute Gasteiger partial charge is 0.0741 e. The summed E-state index contributed by atoms with van der Waals surface area (Å²) in [4.78, 5) is 0. The standard InChI is InChI=1S/C9H22N2O/c1-8(9(2,3)12)11-7-5-4-6-10/h8,11-12H,4-7,10H2,1-3H3. The van der Waals surface area contributed by atoms with Crippen LogP contribution in [0.3, 0.4) is 0 Å². The van der Waals surface area contributed by atoms with Crippen molar-refractivity contribution < 1.29 is 5.11 Å². The zero-order valence-corrected chi connectivity index (χ0v) is 8.43. The molecule has 0 bridgehead atoms. The maximum absolute atomic E-state index is 9.56. The molecule has 12 heavy (non-hydrogen) atoms. The molecule has 0 saturated heterocycles. The second kappa shape index (κ2) is 5.51. The molecule has 0 aromatic heterocycles. The van der Waals surface area contributed by atoms with E-state index in [-0.39, 0.29) is 6.04 Å². The minimum absolute atomic E-state index is 0.135. The highest BCUT2D eigenvalue weighted by Gasteiger charge is 2.20. The van der Waals surface area contributed by atoms with Crippen LogP contribution in [0.2, 0.25) is 0 Å². The molecule has 0 heterocycles. The SMILES string of the molecule is CC(NCCCCN)C(C)(C)O. The molecule has 4 N–H and O–H groups in total. The van der Waals surface area contributed by atoms with Crippen LogP contribution in [0.1, 0.15) is 33.6 Å². The number of nitrogens with one attached hydrogen (secondary N) is 1. The Hall–Kier alpha value is -0.120. The van der Waals surface area contributed by atoms with E-state index in [0.717, 1.165) is 25.9 Å². The van der Waals surface area contributed by atoms with Gasteiger partial charge in [-0.2, -0.15) is 0 Å². The lowest BCUT2D eigenvalue weighted by atomic mass is 10.0. The van der Waals surface area contributed by atoms with Crippen molar-refractivity contribution in [1.29, 1.82) is 0 Å². The van der Waals surface area contributed by atoms with Gasteiger partial charge in [-0.05, 0) is 46.7 Å². The average molecular weight is 174 g/mol. The van der Waals surface area contributed by atoms with Gasteiger partial charge in [0.2, 0.25) is 0 Å². The molecule has 0 aliphatic carbocycles. The highest BCUT2D eigenvalue weighted by molar-refractivity contribution is 4.79. The first-order valence-electron chi connectivity index (χ1n) is 4.64. The predicted molar refractivity (Wildman–Crippen MR) is 52.1 cm³/mol. The van der Waals surface area contributed by atoms with Crippen LogP contribution in [0.5, 0.6) is 0 Å². The maximum atomic E-state index is 9.56. The van der Waals surface area contributed by atoms with E-state index in [1.165, 1.54) is 0 Å². The van der Waals surface area contributed by atoms with E-state index in [4.69, 9.17) is 5.73 Å². The lowest BCUT2D eigenvalue weighted by Crippen LogP contribution is -2.44. The quantitative estimate of drug-likeness (QED) is 0.513. The zero-order valence-electron chi connectivity index (χ0n) is 8.43. The number of hydrogen-bond donors (Lipinski definition) is 3. The molecule has 0 rings (SSSR count). The van der Waals surface area contributed by atoms with Crippen molar-refractivity contribution in [2.24, 2.45) is 5.73 Å². The minimum atomic E-state index is -0.636. The van der Waals surface area contributed by atoms with Crippen LogP contribution >= 0.6 is 0 Å². The van der Waals surface area contributed by atoms with Gasteiger partial charge >= 0.3 is 0 Å². The van der Waals surface area contributed by atoms with Gasteiger partial charge in [0.1, 0.15) is 0 Å². The summed E-state index contributed by atoms with van der Waals surface area (Å²) in [7, 11) is 0. The first kappa shape index (κ1) is 11.9. The summed E-state index contributed by atoms with van der Waals surface area (Å²) in [6.07, 6.45) is 2.13. The van der Waals surface area contributed by atoms with Crippen molar-refractivity contribution in [2.45, 2.75) is 45.3 Å². The molecule has 0 aromatic carbocycles. The van der Waals surface area contributed by atoms with Crippen molar-refractivity contribution >= 4 is 0 Å². The Morgan fingerprint density at radius 1 is 1.42 bits per heavy atom.